The molecule has 1 aromatic heterocycles. The van der Waals surface area contributed by atoms with Crippen molar-refractivity contribution in [2.75, 3.05) is 0 Å². The van der Waals surface area contributed by atoms with Crippen molar-refractivity contribution < 1.29 is 33.9 Å². The van der Waals surface area contributed by atoms with Gasteiger partial charge in [0.2, 0.25) is 0 Å². The number of carboxylic acid groups (broad SMARTS) is 2. The molecule has 3 rings (SSSR count). The molecule has 12 heteroatoms. The Bertz CT molecular complexity index is 1110. The van der Waals surface area contributed by atoms with Crippen LogP contribution < -0.4 is 0 Å². The number of hydrogen-bond acceptors (Lipinski definition) is 8. The number of amides is 1. The minimum absolute atomic E-state index is 0.0418. The first-order valence-electron chi connectivity index (χ1n) is 8.24. The number of thioether (sulfide) groups is 1. The van der Waals surface area contributed by atoms with Crippen LogP contribution in [0.2, 0.25) is 0 Å². The fraction of sp³-hybridized carbons (Fsp3) is 0.111. The molecule has 0 aliphatic carbocycles. The average Bonchev–Trinajstić information content (AvgIpc) is 3.24. The summed E-state index contributed by atoms with van der Waals surface area (Å²) in [5, 5.41) is 29.4. The number of carboxylic acids is 2. The molecule has 30 heavy (non-hydrogen) atoms. The van der Waals surface area contributed by atoms with Gasteiger partial charge in [0.05, 0.1) is 21.8 Å². The minimum Gasteiger partial charge on any atom is -0.481 e. The number of carbonyl (C=O) groups excluding carboxylic acids is 1. The van der Waals surface area contributed by atoms with Crippen molar-refractivity contribution in [3.05, 3.63) is 57.2 Å². The zero-order valence-electron chi connectivity index (χ0n) is 14.9. The first-order valence-corrected chi connectivity index (χ1v) is 9.46. The number of aliphatic carboxylic acids is 2. The monoisotopic (exact) mass is 448 g/mol. The van der Waals surface area contributed by atoms with Gasteiger partial charge in [-0.05, 0) is 18.2 Å². The third-order valence-corrected chi connectivity index (χ3v) is 5.38. The van der Waals surface area contributed by atoms with E-state index in [0.29, 0.717) is 0 Å². The van der Waals surface area contributed by atoms with E-state index in [1.807, 2.05) is 0 Å². The van der Waals surface area contributed by atoms with E-state index >= 15 is 0 Å². The van der Waals surface area contributed by atoms with Crippen molar-refractivity contribution in [3.63, 3.8) is 0 Å². The van der Waals surface area contributed by atoms with Crippen molar-refractivity contribution in [1.29, 1.82) is 0 Å². The summed E-state index contributed by atoms with van der Waals surface area (Å²) in [6, 6.07) is 7.33. The molecule has 0 bridgehead atoms. The summed E-state index contributed by atoms with van der Waals surface area (Å²) in [5.74, 6) is -3.25. The van der Waals surface area contributed by atoms with Crippen molar-refractivity contribution in [2.24, 2.45) is 0 Å². The number of para-hydroxylation sites is 1. The highest BCUT2D eigenvalue weighted by atomic mass is 32.2. The maximum Gasteiger partial charge on any atom is 0.327 e. The molecule has 1 saturated heterocycles. The lowest BCUT2D eigenvalue weighted by molar-refractivity contribution is -0.384. The third kappa shape index (κ3) is 4.23. The van der Waals surface area contributed by atoms with E-state index in [0.717, 1.165) is 16.7 Å². The van der Waals surface area contributed by atoms with Crippen LogP contribution in [0.5, 0.6) is 0 Å². The van der Waals surface area contributed by atoms with Gasteiger partial charge in [0, 0.05) is 12.1 Å². The first kappa shape index (κ1) is 21.2. The molecule has 1 aromatic carbocycles. The summed E-state index contributed by atoms with van der Waals surface area (Å²) in [4.78, 5) is 46.4. The Hall–Kier alpha value is -3.51. The number of benzene rings is 1. The van der Waals surface area contributed by atoms with Gasteiger partial charge in [0.25, 0.3) is 11.6 Å². The van der Waals surface area contributed by atoms with E-state index < -0.39 is 35.2 Å². The van der Waals surface area contributed by atoms with Gasteiger partial charge in [0.15, 0.2) is 0 Å². The fourth-order valence-electron chi connectivity index (χ4n) is 2.75. The second kappa shape index (κ2) is 8.47. The molecular weight excluding hydrogens is 436 g/mol. The number of rotatable bonds is 7. The van der Waals surface area contributed by atoms with Gasteiger partial charge in [0.1, 0.15) is 21.9 Å². The van der Waals surface area contributed by atoms with Gasteiger partial charge in [-0.25, -0.2) is 4.79 Å². The molecular formula is C18H12N2O8S2. The maximum absolute atomic E-state index is 12.6. The van der Waals surface area contributed by atoms with Crippen LogP contribution in [0.25, 0.3) is 17.4 Å². The lowest BCUT2D eigenvalue weighted by Gasteiger charge is -2.21. The van der Waals surface area contributed by atoms with E-state index in [1.54, 1.807) is 6.07 Å². The molecule has 2 N–H and O–H groups in total. The Morgan fingerprint density at radius 1 is 1.27 bits per heavy atom. The molecule has 1 unspecified atom stereocenters. The highest BCUT2D eigenvalue weighted by Crippen LogP contribution is 2.36. The zero-order chi connectivity index (χ0) is 22.0. The molecule has 10 nitrogen and oxygen atoms in total. The van der Waals surface area contributed by atoms with Crippen LogP contribution in [-0.4, -0.2) is 48.2 Å². The lowest BCUT2D eigenvalue weighted by atomic mass is 10.1. The van der Waals surface area contributed by atoms with E-state index in [4.69, 9.17) is 21.7 Å². The molecule has 1 fully saturated rings. The standard InChI is InChI=1S/C18H12N2O8S2/c21-15(22)8-12(17(24)25)19-16(23)14(30-18(19)29)7-9-5-6-13(28-9)10-3-1-2-4-11(10)20(26)27/h1-7,12H,8H2,(H,21,22)(H,24,25). The maximum atomic E-state index is 12.6. The number of nitrogens with zero attached hydrogens (tertiary/aromatic N) is 2. The summed E-state index contributed by atoms with van der Waals surface area (Å²) >= 11 is 5.86. The molecule has 1 aliphatic rings. The largest absolute Gasteiger partial charge is 0.481 e. The number of hydrogen-bond donors (Lipinski definition) is 2. The van der Waals surface area contributed by atoms with Crippen LogP contribution in [0, 0.1) is 10.1 Å². The van der Waals surface area contributed by atoms with E-state index in [2.05, 4.69) is 0 Å². The summed E-state index contributed by atoms with van der Waals surface area (Å²) < 4.78 is 5.50. The Labute approximate surface area is 177 Å². The van der Waals surface area contributed by atoms with E-state index in [9.17, 15) is 29.6 Å². The Balaban J connectivity index is 1.90. The van der Waals surface area contributed by atoms with Crippen molar-refractivity contribution in [3.8, 4) is 11.3 Å². The molecule has 1 aliphatic heterocycles. The van der Waals surface area contributed by atoms with Crippen LogP contribution in [0.3, 0.4) is 0 Å². The molecule has 2 heterocycles. The highest BCUT2D eigenvalue weighted by Gasteiger charge is 2.41. The van der Waals surface area contributed by atoms with E-state index in [1.165, 1.54) is 36.4 Å². The van der Waals surface area contributed by atoms with Gasteiger partial charge in [-0.15, -0.1) is 0 Å². The average molecular weight is 448 g/mol. The molecule has 1 atom stereocenters. The first-order chi connectivity index (χ1) is 14.2. The van der Waals surface area contributed by atoms with Crippen LogP contribution in [0.4, 0.5) is 5.69 Å². The number of furan rings is 1. The highest BCUT2D eigenvalue weighted by molar-refractivity contribution is 8.26. The Kier molecular flexibility index (Phi) is 5.99. The van der Waals surface area contributed by atoms with Gasteiger partial charge in [-0.1, -0.05) is 36.1 Å². The summed E-state index contributed by atoms with van der Waals surface area (Å²) in [6.45, 7) is 0. The van der Waals surface area contributed by atoms with Gasteiger partial charge >= 0.3 is 11.9 Å². The topological polar surface area (TPSA) is 151 Å². The van der Waals surface area contributed by atoms with Crippen LogP contribution in [0.1, 0.15) is 12.2 Å². The lowest BCUT2D eigenvalue weighted by Crippen LogP contribution is -2.45. The number of thiocarbonyl (C=S) groups is 1. The SMILES string of the molecule is O=C(O)CC(C(=O)O)N1C(=O)C(=Cc2ccc(-c3ccccc3[N+](=O)[O-])o2)SC1=S. The molecule has 0 radical (unpaired) electrons. The second-order valence-corrected chi connectivity index (χ2v) is 7.66. The zero-order valence-corrected chi connectivity index (χ0v) is 16.5. The smallest absolute Gasteiger partial charge is 0.327 e. The summed E-state index contributed by atoms with van der Waals surface area (Å²) in [6.07, 6.45) is 0.509. The molecule has 0 saturated carbocycles. The summed E-state index contributed by atoms with van der Waals surface area (Å²) in [7, 11) is 0. The van der Waals surface area contributed by atoms with Gasteiger partial charge in [-0.3, -0.25) is 24.6 Å². The second-order valence-electron chi connectivity index (χ2n) is 5.98. The van der Waals surface area contributed by atoms with Crippen molar-refractivity contribution in [1.82, 2.24) is 4.90 Å². The minimum atomic E-state index is -1.64. The van der Waals surface area contributed by atoms with Gasteiger partial charge in [-0.2, -0.15) is 0 Å². The summed E-state index contributed by atoms with van der Waals surface area (Å²) in [5.41, 5.74) is 0.102. The molecule has 0 spiro atoms. The molecule has 2 aromatic rings. The quantitative estimate of drug-likeness (QED) is 0.280. The van der Waals surface area contributed by atoms with E-state index in [-0.39, 0.29) is 32.0 Å². The van der Waals surface area contributed by atoms with Gasteiger partial charge < -0.3 is 14.6 Å². The Morgan fingerprint density at radius 3 is 2.60 bits per heavy atom. The van der Waals surface area contributed by atoms with Crippen LogP contribution >= 0.6 is 24.0 Å². The predicted octanol–water partition coefficient (Wildman–Crippen LogP) is 2.98. The third-order valence-electron chi connectivity index (χ3n) is 4.05. The fourth-order valence-corrected chi connectivity index (χ4v) is 4.09. The van der Waals surface area contributed by atoms with Crippen molar-refractivity contribution >= 4 is 57.9 Å². The Morgan fingerprint density at radius 2 is 1.97 bits per heavy atom. The molecule has 1 amide bonds. The van der Waals surface area contributed by atoms with Crippen LogP contribution in [0.15, 0.2) is 45.7 Å². The van der Waals surface area contributed by atoms with Crippen molar-refractivity contribution in [2.45, 2.75) is 12.5 Å². The predicted molar refractivity (Wildman–Crippen MR) is 109 cm³/mol. The normalized spacial score (nSPS) is 16.1. The number of nitro groups is 1. The molecule has 154 valence electrons. The number of nitro benzene ring substituents is 1. The number of carbonyl (C=O) groups is 3. The van der Waals surface area contributed by atoms with Crippen LogP contribution in [-0.2, 0) is 14.4 Å².